The van der Waals surface area contributed by atoms with Gasteiger partial charge in [0.15, 0.2) is 5.16 Å². The number of nitrogen functional groups attached to an aromatic ring is 1. The zero-order chi connectivity index (χ0) is 13.7. The molecule has 0 saturated heterocycles. The zero-order valence-corrected chi connectivity index (χ0v) is 11.6. The lowest BCUT2D eigenvalue weighted by Crippen LogP contribution is -2.13. The number of benzene rings is 1. The minimum atomic E-state index is -0.104. The Balaban J connectivity index is 1.82. The first-order valence-electron chi connectivity index (χ1n) is 5.62. The van der Waals surface area contributed by atoms with Gasteiger partial charge in [0, 0.05) is 29.6 Å². The molecule has 5 nitrogen and oxygen atoms in total. The van der Waals surface area contributed by atoms with Crippen molar-refractivity contribution in [3.8, 4) is 0 Å². The van der Waals surface area contributed by atoms with Gasteiger partial charge in [0.05, 0.1) is 11.4 Å². The summed E-state index contributed by atoms with van der Waals surface area (Å²) in [5.74, 6) is 0.535. The Bertz CT molecular complexity index is 559. The van der Waals surface area contributed by atoms with Gasteiger partial charge >= 0.3 is 0 Å². The molecule has 1 heterocycles. The van der Waals surface area contributed by atoms with Gasteiger partial charge in [-0.2, -0.15) is 0 Å². The van der Waals surface area contributed by atoms with E-state index < -0.39 is 0 Å². The number of thioether (sulfide) groups is 1. The van der Waals surface area contributed by atoms with Gasteiger partial charge in [-0.15, -0.1) is 0 Å². The van der Waals surface area contributed by atoms with E-state index in [1.54, 1.807) is 30.6 Å². The summed E-state index contributed by atoms with van der Waals surface area (Å²) in [6.07, 6.45) is 3.79. The third kappa shape index (κ3) is 4.18. The van der Waals surface area contributed by atoms with E-state index in [9.17, 15) is 4.79 Å². The maximum absolute atomic E-state index is 11.8. The number of nitrogens with zero attached hydrogens (tertiary/aromatic N) is 1. The summed E-state index contributed by atoms with van der Waals surface area (Å²) in [6, 6.07) is 4.98. The van der Waals surface area contributed by atoms with Crippen LogP contribution in [-0.2, 0) is 4.79 Å². The highest BCUT2D eigenvalue weighted by atomic mass is 35.5. The van der Waals surface area contributed by atoms with E-state index in [-0.39, 0.29) is 5.91 Å². The largest absolute Gasteiger partial charge is 0.397 e. The fourth-order valence-corrected chi connectivity index (χ4v) is 2.36. The van der Waals surface area contributed by atoms with Gasteiger partial charge in [0.2, 0.25) is 5.91 Å². The molecule has 0 spiro atoms. The third-order valence-corrected chi connectivity index (χ3v) is 3.47. The van der Waals surface area contributed by atoms with Gasteiger partial charge in [-0.1, -0.05) is 23.4 Å². The quantitative estimate of drug-likeness (QED) is 0.585. The summed E-state index contributed by atoms with van der Waals surface area (Å²) < 4.78 is 0. The van der Waals surface area contributed by atoms with Crippen LogP contribution in [0.15, 0.2) is 35.7 Å². The number of nitrogens with one attached hydrogen (secondary N) is 2. The van der Waals surface area contributed by atoms with E-state index in [1.165, 1.54) is 11.8 Å². The van der Waals surface area contributed by atoms with Crippen LogP contribution in [0.25, 0.3) is 0 Å². The Hall–Kier alpha value is -1.66. The Labute approximate surface area is 119 Å². The lowest BCUT2D eigenvalue weighted by Gasteiger charge is -2.08. The fraction of sp³-hybridized carbons (Fsp3) is 0.167. The highest BCUT2D eigenvalue weighted by molar-refractivity contribution is 7.99. The first-order chi connectivity index (χ1) is 9.15. The summed E-state index contributed by atoms with van der Waals surface area (Å²) in [4.78, 5) is 18.8. The van der Waals surface area contributed by atoms with Crippen LogP contribution in [0.1, 0.15) is 6.42 Å². The molecule has 0 radical (unpaired) electrons. The van der Waals surface area contributed by atoms with Crippen LogP contribution in [0.2, 0.25) is 5.02 Å². The van der Waals surface area contributed by atoms with Crippen molar-refractivity contribution in [2.24, 2.45) is 0 Å². The molecule has 0 unspecified atom stereocenters. The summed E-state index contributed by atoms with van der Waals surface area (Å²) in [6.45, 7) is 0. The SMILES string of the molecule is Nc1ccc(Cl)cc1NC(=O)CCSc1ncc[nH]1. The summed E-state index contributed by atoms with van der Waals surface area (Å²) in [5, 5.41) is 4.08. The van der Waals surface area contributed by atoms with Crippen molar-refractivity contribution in [3.63, 3.8) is 0 Å². The highest BCUT2D eigenvalue weighted by Crippen LogP contribution is 2.23. The van der Waals surface area contributed by atoms with Crippen LogP contribution in [0.3, 0.4) is 0 Å². The molecular formula is C12H13ClN4OS. The maximum atomic E-state index is 11.8. The van der Waals surface area contributed by atoms with Gasteiger partial charge in [0.1, 0.15) is 0 Å². The molecule has 0 fully saturated rings. The van der Waals surface area contributed by atoms with Crippen LogP contribution in [0.5, 0.6) is 0 Å². The molecule has 2 rings (SSSR count). The molecule has 1 aromatic carbocycles. The molecule has 0 aliphatic rings. The molecule has 1 aromatic heterocycles. The Kier molecular flexibility index (Phi) is 4.70. The van der Waals surface area contributed by atoms with E-state index >= 15 is 0 Å². The van der Waals surface area contributed by atoms with Crippen LogP contribution >= 0.6 is 23.4 Å². The van der Waals surface area contributed by atoms with Gasteiger partial charge in [0.25, 0.3) is 0 Å². The fourth-order valence-electron chi connectivity index (χ4n) is 1.42. The average molecular weight is 297 g/mol. The monoisotopic (exact) mass is 296 g/mol. The van der Waals surface area contributed by atoms with Crippen LogP contribution in [0.4, 0.5) is 11.4 Å². The average Bonchev–Trinajstić information content (AvgIpc) is 2.87. The zero-order valence-electron chi connectivity index (χ0n) is 10.0. The van der Waals surface area contributed by atoms with Crippen LogP contribution < -0.4 is 11.1 Å². The van der Waals surface area contributed by atoms with Gasteiger partial charge in [-0.3, -0.25) is 4.79 Å². The first kappa shape index (κ1) is 13.8. The van der Waals surface area contributed by atoms with Gasteiger partial charge in [-0.05, 0) is 18.2 Å². The summed E-state index contributed by atoms with van der Waals surface area (Å²) in [5.41, 5.74) is 6.79. The smallest absolute Gasteiger partial charge is 0.225 e. The Morgan fingerprint density at radius 1 is 1.53 bits per heavy atom. The highest BCUT2D eigenvalue weighted by Gasteiger charge is 2.06. The predicted octanol–water partition coefficient (Wildman–Crippen LogP) is 2.77. The number of rotatable bonds is 5. The number of halogens is 1. The number of hydrogen-bond donors (Lipinski definition) is 3. The second-order valence-electron chi connectivity index (χ2n) is 3.77. The molecule has 0 atom stereocenters. The lowest BCUT2D eigenvalue weighted by atomic mass is 10.2. The second-order valence-corrected chi connectivity index (χ2v) is 5.29. The van der Waals surface area contributed by atoms with Crippen LogP contribution in [0, 0.1) is 0 Å². The van der Waals surface area contributed by atoms with Gasteiger partial charge in [-0.25, -0.2) is 4.98 Å². The van der Waals surface area contributed by atoms with Crippen molar-refractivity contribution in [1.29, 1.82) is 0 Å². The van der Waals surface area contributed by atoms with Crippen molar-refractivity contribution in [2.75, 3.05) is 16.8 Å². The molecule has 100 valence electrons. The van der Waals surface area contributed by atoms with Crippen molar-refractivity contribution >= 4 is 40.6 Å². The molecule has 7 heteroatoms. The molecule has 1 amide bonds. The van der Waals surface area contributed by atoms with E-state index in [1.807, 2.05) is 0 Å². The molecule has 4 N–H and O–H groups in total. The normalized spacial score (nSPS) is 10.4. The summed E-state index contributed by atoms with van der Waals surface area (Å²) in [7, 11) is 0. The van der Waals surface area contributed by atoms with Crippen molar-refractivity contribution in [3.05, 3.63) is 35.6 Å². The topological polar surface area (TPSA) is 83.8 Å². The molecular weight excluding hydrogens is 284 g/mol. The molecule has 19 heavy (non-hydrogen) atoms. The number of anilines is 2. The number of carbonyl (C=O) groups excluding carboxylic acids is 1. The number of H-pyrrole nitrogens is 1. The second kappa shape index (κ2) is 6.49. The number of aromatic nitrogens is 2. The molecule has 0 aliphatic carbocycles. The van der Waals surface area contributed by atoms with Crippen LogP contribution in [-0.4, -0.2) is 21.6 Å². The molecule has 0 aliphatic heterocycles. The Morgan fingerprint density at radius 2 is 2.37 bits per heavy atom. The number of amides is 1. The maximum Gasteiger partial charge on any atom is 0.225 e. The van der Waals surface area contributed by atoms with Crippen molar-refractivity contribution in [2.45, 2.75) is 11.6 Å². The molecule has 0 saturated carbocycles. The predicted molar refractivity (Wildman–Crippen MR) is 78.4 cm³/mol. The molecule has 2 aromatic rings. The lowest BCUT2D eigenvalue weighted by molar-refractivity contribution is -0.115. The van der Waals surface area contributed by atoms with E-state index in [0.717, 1.165) is 5.16 Å². The number of aromatic amines is 1. The van der Waals surface area contributed by atoms with E-state index in [4.69, 9.17) is 17.3 Å². The van der Waals surface area contributed by atoms with Gasteiger partial charge < -0.3 is 16.0 Å². The van der Waals surface area contributed by atoms with E-state index in [0.29, 0.717) is 28.6 Å². The molecule has 0 bridgehead atoms. The van der Waals surface area contributed by atoms with Crippen molar-refractivity contribution < 1.29 is 4.79 Å². The first-order valence-corrected chi connectivity index (χ1v) is 6.98. The standard InChI is InChI=1S/C12H13ClN4OS/c13-8-1-2-9(14)10(7-8)17-11(18)3-6-19-12-15-4-5-16-12/h1-2,4-5,7H,3,6,14H2,(H,15,16)(H,17,18). The Morgan fingerprint density at radius 3 is 3.11 bits per heavy atom. The van der Waals surface area contributed by atoms with E-state index in [2.05, 4.69) is 15.3 Å². The minimum Gasteiger partial charge on any atom is -0.397 e. The third-order valence-electron chi connectivity index (χ3n) is 2.33. The number of carbonyl (C=O) groups is 1. The van der Waals surface area contributed by atoms with Crippen molar-refractivity contribution in [1.82, 2.24) is 9.97 Å². The minimum absolute atomic E-state index is 0.104. The summed E-state index contributed by atoms with van der Waals surface area (Å²) >= 11 is 7.34. The number of nitrogens with two attached hydrogens (primary N) is 1. The number of imidazole rings is 1. The number of hydrogen-bond acceptors (Lipinski definition) is 4.